The third-order valence-electron chi connectivity index (χ3n) is 2.92. The minimum atomic E-state index is -5.12. The van der Waals surface area contributed by atoms with Gasteiger partial charge in [0, 0.05) is 0 Å². The summed E-state index contributed by atoms with van der Waals surface area (Å²) >= 11 is 0.974. The Hall–Kier alpha value is -2.41. The van der Waals surface area contributed by atoms with E-state index in [0.717, 1.165) is 17.4 Å². The first-order valence-electron chi connectivity index (χ1n) is 6.38. The number of carbonyl (C=O) groups is 2. The van der Waals surface area contributed by atoms with Crippen molar-refractivity contribution < 1.29 is 27.5 Å². The van der Waals surface area contributed by atoms with E-state index in [1.807, 2.05) is 0 Å². The molecule has 0 aliphatic carbocycles. The molecule has 0 N–H and O–H groups in total. The summed E-state index contributed by atoms with van der Waals surface area (Å²) in [5, 5.41) is 1.55. The van der Waals surface area contributed by atoms with Crippen molar-refractivity contribution in [1.29, 1.82) is 0 Å². The number of carbonyl (C=O) groups excluding carboxylic acids is 2. The number of allylic oxidation sites excluding steroid dienone is 1. The van der Waals surface area contributed by atoms with Gasteiger partial charge in [-0.3, -0.25) is 9.59 Å². The standard InChI is InChI=1S/C16H11F3O3S/c1-22-11-6-4-10(5-7-11)9-12(15(21)16(17,18)19)14(20)13-3-2-8-23-13/h2-9H,1H3/b12-9-. The van der Waals surface area contributed by atoms with Gasteiger partial charge in [-0.2, -0.15) is 13.2 Å². The van der Waals surface area contributed by atoms with Crippen LogP contribution in [0.15, 0.2) is 47.4 Å². The van der Waals surface area contributed by atoms with Gasteiger partial charge in [-0.25, -0.2) is 0 Å². The molecule has 0 radical (unpaired) electrons. The van der Waals surface area contributed by atoms with E-state index >= 15 is 0 Å². The van der Waals surface area contributed by atoms with Crippen molar-refractivity contribution in [2.24, 2.45) is 0 Å². The summed E-state index contributed by atoms with van der Waals surface area (Å²) in [4.78, 5) is 23.9. The number of ether oxygens (including phenoxy) is 1. The molecule has 0 bridgehead atoms. The third kappa shape index (κ3) is 4.07. The second kappa shape index (κ2) is 6.78. The van der Waals surface area contributed by atoms with Crippen molar-refractivity contribution in [1.82, 2.24) is 0 Å². The highest BCUT2D eigenvalue weighted by molar-refractivity contribution is 7.12. The largest absolute Gasteiger partial charge is 0.497 e. The summed E-state index contributed by atoms with van der Waals surface area (Å²) in [5.41, 5.74) is -0.617. The third-order valence-corrected chi connectivity index (χ3v) is 3.79. The molecule has 0 amide bonds. The molecule has 2 aromatic rings. The van der Waals surface area contributed by atoms with Crippen molar-refractivity contribution in [3.05, 3.63) is 57.8 Å². The van der Waals surface area contributed by atoms with Crippen LogP contribution in [0.2, 0.25) is 0 Å². The van der Waals surface area contributed by atoms with Gasteiger partial charge in [-0.1, -0.05) is 18.2 Å². The average Bonchev–Trinajstić information content (AvgIpc) is 3.05. The quantitative estimate of drug-likeness (QED) is 0.355. The molecule has 2 rings (SSSR count). The fourth-order valence-electron chi connectivity index (χ4n) is 1.79. The van der Waals surface area contributed by atoms with E-state index in [4.69, 9.17) is 4.74 Å². The van der Waals surface area contributed by atoms with E-state index in [0.29, 0.717) is 11.3 Å². The van der Waals surface area contributed by atoms with Crippen molar-refractivity contribution in [2.45, 2.75) is 6.18 Å². The number of rotatable bonds is 5. The number of hydrogen-bond acceptors (Lipinski definition) is 4. The second-order valence-corrected chi connectivity index (χ2v) is 5.41. The van der Waals surface area contributed by atoms with Gasteiger partial charge >= 0.3 is 6.18 Å². The molecule has 0 unspecified atom stereocenters. The molecule has 0 aliphatic rings. The van der Waals surface area contributed by atoms with Gasteiger partial charge in [-0.05, 0) is 35.2 Å². The zero-order valence-corrected chi connectivity index (χ0v) is 12.7. The smallest absolute Gasteiger partial charge is 0.455 e. The van der Waals surface area contributed by atoms with Crippen molar-refractivity contribution in [2.75, 3.05) is 7.11 Å². The van der Waals surface area contributed by atoms with E-state index in [9.17, 15) is 22.8 Å². The van der Waals surface area contributed by atoms with E-state index in [2.05, 4.69) is 0 Å². The van der Waals surface area contributed by atoms with Crippen LogP contribution >= 0.6 is 11.3 Å². The molecule has 0 atom stereocenters. The van der Waals surface area contributed by atoms with Gasteiger partial charge < -0.3 is 4.74 Å². The Bertz CT molecular complexity index is 729. The first kappa shape index (κ1) is 17.0. The number of thiophene rings is 1. The van der Waals surface area contributed by atoms with Gasteiger partial charge in [0.05, 0.1) is 17.6 Å². The molecule has 1 aromatic heterocycles. The zero-order chi connectivity index (χ0) is 17.0. The maximum Gasteiger partial charge on any atom is 0.455 e. The molecule has 0 fully saturated rings. The molecule has 1 aromatic carbocycles. The maximum absolute atomic E-state index is 12.8. The predicted octanol–water partition coefficient (Wildman–Crippen LogP) is 4.15. The minimum Gasteiger partial charge on any atom is -0.497 e. The van der Waals surface area contributed by atoms with Gasteiger partial charge in [0.2, 0.25) is 5.78 Å². The van der Waals surface area contributed by atoms with E-state index < -0.39 is 23.3 Å². The lowest BCUT2D eigenvalue weighted by Gasteiger charge is -2.08. The summed E-state index contributed by atoms with van der Waals surface area (Å²) in [6, 6.07) is 8.88. The summed E-state index contributed by atoms with van der Waals surface area (Å²) in [7, 11) is 1.45. The second-order valence-electron chi connectivity index (χ2n) is 4.46. The van der Waals surface area contributed by atoms with E-state index in [1.54, 1.807) is 5.38 Å². The Morgan fingerprint density at radius 1 is 1.13 bits per heavy atom. The topological polar surface area (TPSA) is 43.4 Å². The number of alkyl halides is 3. The summed E-state index contributed by atoms with van der Waals surface area (Å²) in [6.07, 6.45) is -4.18. The predicted molar refractivity (Wildman–Crippen MR) is 80.7 cm³/mol. The first-order chi connectivity index (χ1) is 10.8. The van der Waals surface area contributed by atoms with Gasteiger partial charge in [0.25, 0.3) is 5.78 Å². The van der Waals surface area contributed by atoms with Crippen LogP contribution < -0.4 is 4.74 Å². The normalized spacial score (nSPS) is 12.1. The van der Waals surface area contributed by atoms with Crippen molar-refractivity contribution >= 4 is 29.0 Å². The number of Topliss-reactive ketones (excluding diaryl/α,β-unsaturated/α-hetero) is 2. The number of ketones is 2. The highest BCUT2D eigenvalue weighted by atomic mass is 32.1. The SMILES string of the molecule is COc1ccc(/C=C(/C(=O)c2cccs2)C(=O)C(F)(F)F)cc1. The van der Waals surface area contributed by atoms with Gasteiger partial charge in [0.1, 0.15) is 5.75 Å². The molecule has 1 heterocycles. The Kier molecular flexibility index (Phi) is 5.00. The van der Waals surface area contributed by atoms with Crippen LogP contribution in [0.1, 0.15) is 15.2 Å². The number of methoxy groups -OCH3 is 1. The maximum atomic E-state index is 12.8. The number of halogens is 3. The molecular formula is C16H11F3O3S. The Morgan fingerprint density at radius 3 is 2.26 bits per heavy atom. The highest BCUT2D eigenvalue weighted by Gasteiger charge is 2.43. The van der Waals surface area contributed by atoms with Crippen LogP contribution in [0.5, 0.6) is 5.75 Å². The molecular weight excluding hydrogens is 329 g/mol. The molecule has 23 heavy (non-hydrogen) atoms. The van der Waals surface area contributed by atoms with Crippen LogP contribution in [-0.4, -0.2) is 24.9 Å². The average molecular weight is 340 g/mol. The van der Waals surface area contributed by atoms with Crippen molar-refractivity contribution in [3.8, 4) is 5.75 Å². The Morgan fingerprint density at radius 2 is 1.78 bits per heavy atom. The lowest BCUT2D eigenvalue weighted by atomic mass is 10.0. The van der Waals surface area contributed by atoms with Crippen LogP contribution in [0.3, 0.4) is 0 Å². The molecule has 0 saturated carbocycles. The van der Waals surface area contributed by atoms with Gasteiger partial charge in [-0.15, -0.1) is 11.3 Å². The summed E-state index contributed by atoms with van der Waals surface area (Å²) < 4.78 is 43.2. The molecule has 7 heteroatoms. The van der Waals surface area contributed by atoms with E-state index in [-0.39, 0.29) is 4.88 Å². The monoisotopic (exact) mass is 340 g/mol. The fourth-order valence-corrected chi connectivity index (χ4v) is 2.47. The Labute approximate surface area is 134 Å². The van der Waals surface area contributed by atoms with Crippen LogP contribution in [-0.2, 0) is 4.79 Å². The Balaban J connectivity index is 2.45. The van der Waals surface area contributed by atoms with Gasteiger partial charge in [0.15, 0.2) is 0 Å². The molecule has 0 aliphatic heterocycles. The highest BCUT2D eigenvalue weighted by Crippen LogP contribution is 2.26. The lowest BCUT2D eigenvalue weighted by molar-refractivity contribution is -0.166. The van der Waals surface area contributed by atoms with Crippen molar-refractivity contribution in [3.63, 3.8) is 0 Å². The molecule has 0 saturated heterocycles. The molecule has 0 spiro atoms. The number of hydrogen-bond donors (Lipinski definition) is 0. The zero-order valence-electron chi connectivity index (χ0n) is 11.9. The van der Waals surface area contributed by atoms with Crippen LogP contribution in [0.25, 0.3) is 6.08 Å². The molecule has 120 valence electrons. The summed E-state index contributed by atoms with van der Waals surface area (Å²) in [6.45, 7) is 0. The number of benzene rings is 1. The van der Waals surface area contributed by atoms with E-state index in [1.165, 1.54) is 43.5 Å². The first-order valence-corrected chi connectivity index (χ1v) is 7.26. The minimum absolute atomic E-state index is 0.0716. The lowest BCUT2D eigenvalue weighted by Crippen LogP contribution is -2.28. The van der Waals surface area contributed by atoms with Crippen LogP contribution in [0.4, 0.5) is 13.2 Å². The summed E-state index contributed by atoms with van der Waals surface area (Å²) in [5.74, 6) is -2.60. The molecule has 3 nitrogen and oxygen atoms in total. The van der Waals surface area contributed by atoms with Crippen LogP contribution in [0, 0.1) is 0 Å². The fraction of sp³-hybridized carbons (Fsp3) is 0.125.